The summed E-state index contributed by atoms with van der Waals surface area (Å²) < 4.78 is 0. The van der Waals surface area contributed by atoms with Crippen LogP contribution < -0.4 is 11.1 Å². The quantitative estimate of drug-likeness (QED) is 0.346. The molecule has 1 fully saturated rings. The minimum Gasteiger partial charge on any atom is -0.409 e. The Balaban J connectivity index is 2.18. The standard InChI is InChI=1S/C15H23N3O2S/c1-3-11-4-6-15(7-5-11,14(16)18-20)17-13(19)12-9-21-8-10(12)2/h8-9,11,20H,3-7H2,1-2H3,(H2,16,18)(H,17,19). The number of nitrogens with two attached hydrogens (primary N) is 1. The molecule has 116 valence electrons. The van der Waals surface area contributed by atoms with Crippen LogP contribution in [0, 0.1) is 12.8 Å². The van der Waals surface area contributed by atoms with Gasteiger partial charge < -0.3 is 16.3 Å². The highest BCUT2D eigenvalue weighted by molar-refractivity contribution is 7.08. The van der Waals surface area contributed by atoms with E-state index in [9.17, 15) is 4.79 Å². The van der Waals surface area contributed by atoms with E-state index in [4.69, 9.17) is 10.9 Å². The Morgan fingerprint density at radius 3 is 2.67 bits per heavy atom. The molecule has 2 rings (SSSR count). The van der Waals surface area contributed by atoms with Gasteiger partial charge in [0.05, 0.1) is 5.56 Å². The molecule has 4 N–H and O–H groups in total. The van der Waals surface area contributed by atoms with Crippen molar-refractivity contribution in [3.8, 4) is 0 Å². The molecule has 5 nitrogen and oxygen atoms in total. The average Bonchev–Trinajstić information content (AvgIpc) is 2.93. The highest BCUT2D eigenvalue weighted by atomic mass is 32.1. The summed E-state index contributed by atoms with van der Waals surface area (Å²) in [5.74, 6) is 0.623. The number of rotatable bonds is 4. The van der Waals surface area contributed by atoms with Gasteiger partial charge in [0, 0.05) is 5.38 Å². The van der Waals surface area contributed by atoms with E-state index in [1.807, 2.05) is 17.7 Å². The Hall–Kier alpha value is -1.56. The van der Waals surface area contributed by atoms with E-state index in [0.717, 1.165) is 37.7 Å². The lowest BCUT2D eigenvalue weighted by molar-refractivity contribution is 0.0895. The molecule has 0 aliphatic heterocycles. The number of oxime groups is 1. The molecule has 0 radical (unpaired) electrons. The van der Waals surface area contributed by atoms with Gasteiger partial charge in [-0.3, -0.25) is 4.79 Å². The summed E-state index contributed by atoms with van der Waals surface area (Å²) >= 11 is 1.50. The monoisotopic (exact) mass is 309 g/mol. The Morgan fingerprint density at radius 1 is 1.52 bits per heavy atom. The molecule has 0 atom stereocenters. The first kappa shape index (κ1) is 15.8. The fourth-order valence-electron chi connectivity index (χ4n) is 3.00. The van der Waals surface area contributed by atoms with Crippen molar-refractivity contribution in [1.82, 2.24) is 5.32 Å². The van der Waals surface area contributed by atoms with Gasteiger partial charge in [0.15, 0.2) is 5.84 Å². The Morgan fingerprint density at radius 2 is 2.19 bits per heavy atom. The zero-order valence-corrected chi connectivity index (χ0v) is 13.4. The molecule has 6 heteroatoms. The zero-order valence-electron chi connectivity index (χ0n) is 12.6. The first-order valence-corrected chi connectivity index (χ1v) is 8.30. The van der Waals surface area contributed by atoms with Crippen LogP contribution in [-0.2, 0) is 0 Å². The van der Waals surface area contributed by atoms with Crippen molar-refractivity contribution in [1.29, 1.82) is 0 Å². The minimum absolute atomic E-state index is 0.110. The fourth-order valence-corrected chi connectivity index (χ4v) is 3.83. The van der Waals surface area contributed by atoms with Gasteiger partial charge in [-0.2, -0.15) is 11.3 Å². The van der Waals surface area contributed by atoms with Crippen LogP contribution in [0.4, 0.5) is 0 Å². The van der Waals surface area contributed by atoms with Crippen molar-refractivity contribution in [3.05, 3.63) is 21.9 Å². The van der Waals surface area contributed by atoms with Crippen LogP contribution in [0.15, 0.2) is 15.9 Å². The highest BCUT2D eigenvalue weighted by Crippen LogP contribution is 2.34. The van der Waals surface area contributed by atoms with Crippen LogP contribution in [0.2, 0.25) is 0 Å². The van der Waals surface area contributed by atoms with Gasteiger partial charge >= 0.3 is 0 Å². The smallest absolute Gasteiger partial charge is 0.253 e. The molecule has 1 heterocycles. The second-order valence-corrected chi connectivity index (χ2v) is 6.59. The van der Waals surface area contributed by atoms with Crippen molar-refractivity contribution in [3.63, 3.8) is 0 Å². The lowest BCUT2D eigenvalue weighted by Gasteiger charge is -2.39. The Kier molecular flexibility index (Phi) is 4.88. The van der Waals surface area contributed by atoms with Crippen LogP contribution in [0.1, 0.15) is 54.9 Å². The maximum absolute atomic E-state index is 12.5. The van der Waals surface area contributed by atoms with Gasteiger partial charge in [0.2, 0.25) is 0 Å². The molecule has 1 saturated carbocycles. The van der Waals surface area contributed by atoms with E-state index in [1.165, 1.54) is 11.3 Å². The van der Waals surface area contributed by atoms with Crippen LogP contribution in [0.25, 0.3) is 0 Å². The summed E-state index contributed by atoms with van der Waals surface area (Å²) in [5.41, 5.74) is 6.80. The van der Waals surface area contributed by atoms with Crippen LogP contribution in [0.3, 0.4) is 0 Å². The van der Waals surface area contributed by atoms with Gasteiger partial charge in [0.1, 0.15) is 5.54 Å². The molecule has 1 aromatic heterocycles. The number of nitrogens with one attached hydrogen (secondary N) is 1. The second kappa shape index (κ2) is 6.47. The molecule has 1 amide bonds. The molecule has 0 aromatic carbocycles. The van der Waals surface area contributed by atoms with Gasteiger partial charge in [-0.1, -0.05) is 18.5 Å². The first-order chi connectivity index (χ1) is 10.0. The fraction of sp³-hybridized carbons (Fsp3) is 0.600. The van der Waals surface area contributed by atoms with E-state index < -0.39 is 5.54 Å². The third-order valence-corrected chi connectivity index (χ3v) is 5.45. The second-order valence-electron chi connectivity index (χ2n) is 5.84. The lowest BCUT2D eigenvalue weighted by Crippen LogP contribution is -2.59. The maximum atomic E-state index is 12.5. The van der Waals surface area contributed by atoms with Crippen molar-refractivity contribution >= 4 is 23.1 Å². The van der Waals surface area contributed by atoms with E-state index in [1.54, 1.807) is 0 Å². The molecular weight excluding hydrogens is 286 g/mol. The van der Waals surface area contributed by atoms with Gasteiger partial charge in [-0.15, -0.1) is 0 Å². The predicted octanol–water partition coefficient (Wildman–Crippen LogP) is 2.87. The molecule has 21 heavy (non-hydrogen) atoms. The number of thiophene rings is 1. The largest absolute Gasteiger partial charge is 0.409 e. The minimum atomic E-state index is -0.716. The summed E-state index contributed by atoms with van der Waals surface area (Å²) in [7, 11) is 0. The molecule has 0 bridgehead atoms. The van der Waals surface area contributed by atoms with Crippen LogP contribution in [-0.4, -0.2) is 22.5 Å². The lowest BCUT2D eigenvalue weighted by atomic mass is 9.74. The molecule has 0 saturated heterocycles. The SMILES string of the molecule is CCC1CCC(NC(=O)c2cscc2C)(C(N)=NO)CC1. The summed E-state index contributed by atoms with van der Waals surface area (Å²) in [6, 6.07) is 0. The summed E-state index contributed by atoms with van der Waals surface area (Å²) in [6.45, 7) is 4.09. The number of carbonyl (C=O) groups is 1. The van der Waals surface area contributed by atoms with Crippen molar-refractivity contribution < 1.29 is 10.0 Å². The molecule has 0 unspecified atom stereocenters. The number of aryl methyl sites for hydroxylation is 1. The topological polar surface area (TPSA) is 87.7 Å². The zero-order chi connectivity index (χ0) is 15.5. The summed E-state index contributed by atoms with van der Waals surface area (Å²) in [4.78, 5) is 12.5. The van der Waals surface area contributed by atoms with Gasteiger partial charge in [-0.05, 0) is 49.5 Å². The van der Waals surface area contributed by atoms with Crippen molar-refractivity contribution in [2.45, 2.75) is 51.5 Å². The van der Waals surface area contributed by atoms with Crippen molar-refractivity contribution in [2.75, 3.05) is 0 Å². The van der Waals surface area contributed by atoms with E-state index in [-0.39, 0.29) is 11.7 Å². The van der Waals surface area contributed by atoms with Crippen LogP contribution >= 0.6 is 11.3 Å². The molecule has 1 aromatic rings. The number of hydrogen-bond acceptors (Lipinski definition) is 4. The summed E-state index contributed by atoms with van der Waals surface area (Å²) in [6.07, 6.45) is 4.53. The first-order valence-electron chi connectivity index (χ1n) is 7.35. The van der Waals surface area contributed by atoms with Crippen LogP contribution in [0.5, 0.6) is 0 Å². The molecular formula is C15H23N3O2S. The molecule has 1 aliphatic rings. The number of amides is 1. The third-order valence-electron chi connectivity index (χ3n) is 4.59. The van der Waals surface area contributed by atoms with Gasteiger partial charge in [-0.25, -0.2) is 0 Å². The number of hydrogen-bond donors (Lipinski definition) is 3. The average molecular weight is 309 g/mol. The Bertz CT molecular complexity index is 531. The summed E-state index contributed by atoms with van der Waals surface area (Å²) in [5, 5.41) is 19.1. The number of nitrogens with zero attached hydrogens (tertiary/aromatic N) is 1. The number of amidine groups is 1. The molecule has 1 aliphatic carbocycles. The Labute approximate surface area is 129 Å². The van der Waals surface area contributed by atoms with E-state index in [2.05, 4.69) is 17.4 Å². The van der Waals surface area contributed by atoms with Crippen molar-refractivity contribution in [2.24, 2.45) is 16.8 Å². The predicted molar refractivity (Wildman–Crippen MR) is 84.9 cm³/mol. The maximum Gasteiger partial charge on any atom is 0.253 e. The van der Waals surface area contributed by atoms with E-state index >= 15 is 0 Å². The highest BCUT2D eigenvalue weighted by Gasteiger charge is 2.40. The normalized spacial score (nSPS) is 26.6. The molecule has 0 spiro atoms. The van der Waals surface area contributed by atoms with E-state index in [0.29, 0.717) is 11.5 Å². The van der Waals surface area contributed by atoms with Gasteiger partial charge in [0.25, 0.3) is 5.91 Å². The third kappa shape index (κ3) is 3.20. The number of carbonyl (C=O) groups excluding carboxylic acids is 1.